The first-order valence-corrected chi connectivity index (χ1v) is 8.92. The summed E-state index contributed by atoms with van der Waals surface area (Å²) in [5, 5.41) is 3.27. The van der Waals surface area contributed by atoms with Crippen LogP contribution in [0.3, 0.4) is 0 Å². The maximum absolute atomic E-state index is 12.4. The third kappa shape index (κ3) is 3.24. The summed E-state index contributed by atoms with van der Waals surface area (Å²) < 4.78 is 27.4. The number of hydrogen-bond acceptors (Lipinski definition) is 3. The molecule has 0 aromatic heterocycles. The van der Waals surface area contributed by atoms with E-state index in [9.17, 15) is 13.2 Å². The fraction of sp³-hybridized carbons (Fsp3) is 0.188. The van der Waals surface area contributed by atoms with Crippen molar-refractivity contribution in [2.75, 3.05) is 5.32 Å². The van der Waals surface area contributed by atoms with Gasteiger partial charge in [0.15, 0.2) is 0 Å². The summed E-state index contributed by atoms with van der Waals surface area (Å²) in [5.74, 6) is -0.477. The Bertz CT molecular complexity index is 881. The Hall–Kier alpha value is -1.89. The zero-order valence-electron chi connectivity index (χ0n) is 12.3. The minimum atomic E-state index is -3.67. The van der Waals surface area contributed by atoms with Crippen LogP contribution in [0.4, 0.5) is 5.69 Å². The summed E-state index contributed by atoms with van der Waals surface area (Å²) in [7, 11) is -3.67. The molecule has 0 saturated heterocycles. The lowest BCUT2D eigenvalue weighted by atomic mass is 10.0. The fourth-order valence-corrected chi connectivity index (χ4v) is 3.74. The number of rotatable bonds is 4. The monoisotopic (exact) mass is 350 g/mol. The molecular formula is C16H15ClN2O3S. The van der Waals surface area contributed by atoms with Gasteiger partial charge in [-0.3, -0.25) is 4.79 Å². The van der Waals surface area contributed by atoms with Gasteiger partial charge < -0.3 is 5.32 Å². The van der Waals surface area contributed by atoms with E-state index in [1.165, 1.54) is 12.1 Å². The molecule has 0 fully saturated rings. The van der Waals surface area contributed by atoms with Crippen LogP contribution in [-0.4, -0.2) is 14.3 Å². The molecule has 2 aromatic carbocycles. The van der Waals surface area contributed by atoms with E-state index in [1.54, 1.807) is 37.3 Å². The van der Waals surface area contributed by atoms with Gasteiger partial charge in [0.05, 0.1) is 10.8 Å². The lowest BCUT2D eigenvalue weighted by molar-refractivity contribution is -0.116. The molecule has 0 radical (unpaired) electrons. The van der Waals surface area contributed by atoms with Crippen molar-refractivity contribution in [1.29, 1.82) is 0 Å². The van der Waals surface area contributed by atoms with Gasteiger partial charge in [-0.25, -0.2) is 13.1 Å². The molecule has 1 aliphatic heterocycles. The van der Waals surface area contributed by atoms with Crippen LogP contribution >= 0.6 is 11.6 Å². The van der Waals surface area contributed by atoms with Crippen LogP contribution < -0.4 is 10.0 Å². The molecule has 5 nitrogen and oxygen atoms in total. The van der Waals surface area contributed by atoms with Crippen LogP contribution in [0, 0.1) is 0 Å². The van der Waals surface area contributed by atoms with Gasteiger partial charge in [-0.05, 0) is 48.4 Å². The van der Waals surface area contributed by atoms with E-state index in [1.807, 2.05) is 0 Å². The standard InChI is InChI=1S/C16H15ClN2O3S/c1-10-14-8-13(5-6-15(14)19-16(10)20)23(21,22)18-9-11-3-2-4-12(17)7-11/h2-8,10,18H,9H2,1H3,(H,19,20)/t10-/m0/s1. The van der Waals surface area contributed by atoms with Gasteiger partial charge in [0.1, 0.15) is 0 Å². The first-order valence-electron chi connectivity index (χ1n) is 7.06. The summed E-state index contributed by atoms with van der Waals surface area (Å²) in [6.45, 7) is 1.89. The number of amides is 1. The number of halogens is 1. The number of anilines is 1. The summed E-state index contributed by atoms with van der Waals surface area (Å²) in [6, 6.07) is 11.6. The Labute approximate surface area is 139 Å². The van der Waals surface area contributed by atoms with Gasteiger partial charge in [0.25, 0.3) is 0 Å². The third-order valence-electron chi connectivity index (χ3n) is 3.81. The van der Waals surface area contributed by atoms with Crippen LogP contribution in [0.1, 0.15) is 24.0 Å². The largest absolute Gasteiger partial charge is 0.325 e. The highest BCUT2D eigenvalue weighted by molar-refractivity contribution is 7.89. The zero-order chi connectivity index (χ0) is 16.6. The molecule has 0 saturated carbocycles. The van der Waals surface area contributed by atoms with E-state index in [0.717, 1.165) is 5.56 Å². The highest BCUT2D eigenvalue weighted by atomic mass is 35.5. The lowest BCUT2D eigenvalue weighted by Crippen LogP contribution is -2.23. The molecular weight excluding hydrogens is 336 g/mol. The molecule has 1 aliphatic rings. The van der Waals surface area contributed by atoms with E-state index in [4.69, 9.17) is 11.6 Å². The summed E-state index contributed by atoms with van der Waals surface area (Å²) in [4.78, 5) is 11.8. The molecule has 2 aromatic rings. The first-order chi connectivity index (χ1) is 10.9. The summed E-state index contributed by atoms with van der Waals surface area (Å²) >= 11 is 5.89. The van der Waals surface area contributed by atoms with E-state index in [2.05, 4.69) is 10.0 Å². The van der Waals surface area contributed by atoms with Gasteiger partial charge in [-0.2, -0.15) is 0 Å². The molecule has 0 unspecified atom stereocenters. The Morgan fingerprint density at radius 1 is 1.22 bits per heavy atom. The zero-order valence-corrected chi connectivity index (χ0v) is 13.9. The molecule has 120 valence electrons. The van der Waals surface area contributed by atoms with E-state index in [-0.39, 0.29) is 23.3 Å². The first kappa shape index (κ1) is 16.0. The van der Waals surface area contributed by atoms with Crippen molar-refractivity contribution in [2.45, 2.75) is 24.3 Å². The summed E-state index contributed by atoms with van der Waals surface area (Å²) in [5.41, 5.74) is 2.13. The molecule has 1 amide bonds. The third-order valence-corrected chi connectivity index (χ3v) is 5.44. The molecule has 23 heavy (non-hydrogen) atoms. The average molecular weight is 351 g/mol. The van der Waals surface area contributed by atoms with Crippen LogP contribution in [0.15, 0.2) is 47.4 Å². The smallest absolute Gasteiger partial charge is 0.240 e. The van der Waals surface area contributed by atoms with Crippen molar-refractivity contribution in [3.63, 3.8) is 0 Å². The normalized spacial score (nSPS) is 17.0. The highest BCUT2D eigenvalue weighted by Crippen LogP contribution is 2.33. The van der Waals surface area contributed by atoms with Crippen LogP contribution in [0.5, 0.6) is 0 Å². The van der Waals surface area contributed by atoms with Crippen LogP contribution in [-0.2, 0) is 21.4 Å². The van der Waals surface area contributed by atoms with Gasteiger partial charge in [-0.15, -0.1) is 0 Å². The van der Waals surface area contributed by atoms with Crippen molar-refractivity contribution in [3.8, 4) is 0 Å². The molecule has 7 heteroatoms. The second-order valence-electron chi connectivity index (χ2n) is 5.41. The predicted octanol–water partition coefficient (Wildman–Crippen LogP) is 2.87. The second-order valence-corrected chi connectivity index (χ2v) is 7.62. The minimum Gasteiger partial charge on any atom is -0.325 e. The number of fused-ring (bicyclic) bond motifs is 1. The Morgan fingerprint density at radius 2 is 2.00 bits per heavy atom. The Morgan fingerprint density at radius 3 is 2.74 bits per heavy atom. The van der Waals surface area contributed by atoms with E-state index >= 15 is 0 Å². The van der Waals surface area contributed by atoms with Crippen molar-refractivity contribution in [3.05, 3.63) is 58.6 Å². The molecule has 2 N–H and O–H groups in total. The Kier molecular flexibility index (Phi) is 4.14. The molecule has 1 atom stereocenters. The number of nitrogens with one attached hydrogen (secondary N) is 2. The SMILES string of the molecule is C[C@@H]1C(=O)Nc2ccc(S(=O)(=O)NCc3cccc(Cl)c3)cc21. The molecule has 0 bridgehead atoms. The van der Waals surface area contributed by atoms with Crippen LogP contribution in [0.25, 0.3) is 0 Å². The molecule has 3 rings (SSSR count). The number of carbonyl (C=O) groups excluding carboxylic acids is 1. The maximum atomic E-state index is 12.4. The number of carbonyl (C=O) groups is 1. The van der Waals surface area contributed by atoms with Gasteiger partial charge >= 0.3 is 0 Å². The van der Waals surface area contributed by atoms with Crippen LogP contribution in [0.2, 0.25) is 5.02 Å². The number of sulfonamides is 1. The van der Waals surface area contributed by atoms with Crippen molar-refractivity contribution < 1.29 is 13.2 Å². The lowest BCUT2D eigenvalue weighted by Gasteiger charge is -2.09. The molecule has 1 heterocycles. The quantitative estimate of drug-likeness (QED) is 0.890. The van der Waals surface area contributed by atoms with Gasteiger partial charge in [0, 0.05) is 17.3 Å². The molecule has 0 aliphatic carbocycles. The average Bonchev–Trinajstić information content (AvgIpc) is 2.80. The van der Waals surface area contributed by atoms with Crippen molar-refractivity contribution in [1.82, 2.24) is 4.72 Å². The number of benzene rings is 2. The fourth-order valence-electron chi connectivity index (χ4n) is 2.47. The highest BCUT2D eigenvalue weighted by Gasteiger charge is 2.28. The maximum Gasteiger partial charge on any atom is 0.240 e. The Balaban J connectivity index is 1.82. The molecule has 0 spiro atoms. The van der Waals surface area contributed by atoms with Gasteiger partial charge in [-0.1, -0.05) is 23.7 Å². The van der Waals surface area contributed by atoms with Crippen molar-refractivity contribution in [2.24, 2.45) is 0 Å². The minimum absolute atomic E-state index is 0.124. The number of hydrogen-bond donors (Lipinski definition) is 2. The second kappa shape index (κ2) is 5.96. The van der Waals surface area contributed by atoms with E-state index in [0.29, 0.717) is 16.3 Å². The van der Waals surface area contributed by atoms with Crippen molar-refractivity contribution >= 4 is 33.2 Å². The topological polar surface area (TPSA) is 75.3 Å². The van der Waals surface area contributed by atoms with Gasteiger partial charge in [0.2, 0.25) is 15.9 Å². The predicted molar refractivity (Wildman–Crippen MR) is 89.0 cm³/mol. The van der Waals surface area contributed by atoms with E-state index < -0.39 is 10.0 Å². The summed E-state index contributed by atoms with van der Waals surface area (Å²) in [6.07, 6.45) is 0.